The molecule has 0 aliphatic heterocycles. The van der Waals surface area contributed by atoms with E-state index in [0.29, 0.717) is 11.1 Å². The topological polar surface area (TPSA) is 98.1 Å². The Morgan fingerprint density at radius 1 is 1.42 bits per heavy atom. The summed E-state index contributed by atoms with van der Waals surface area (Å²) in [5, 5.41) is 17.5. The van der Waals surface area contributed by atoms with Crippen LogP contribution in [0.5, 0.6) is 0 Å². The van der Waals surface area contributed by atoms with Gasteiger partial charge in [-0.2, -0.15) is 5.10 Å². The summed E-state index contributed by atoms with van der Waals surface area (Å²) in [5.74, 6) is -0.619. The third-order valence-electron chi connectivity index (χ3n) is 2.69. The Bertz CT molecular complexity index is 648. The predicted molar refractivity (Wildman–Crippen MR) is 66.8 cm³/mol. The molecular weight excluding hydrogens is 250 g/mol. The molecule has 7 nitrogen and oxygen atoms in total. The summed E-state index contributed by atoms with van der Waals surface area (Å²) >= 11 is 0. The zero-order chi connectivity index (χ0) is 14.0. The first-order valence-electron chi connectivity index (χ1n) is 5.41. The summed E-state index contributed by atoms with van der Waals surface area (Å²) < 4.78 is 4.59. The minimum absolute atomic E-state index is 0.132. The van der Waals surface area contributed by atoms with Gasteiger partial charge in [-0.05, 0) is 18.6 Å². The molecular formula is C12H11N3O4. The van der Waals surface area contributed by atoms with E-state index in [2.05, 4.69) is 14.9 Å². The third-order valence-corrected chi connectivity index (χ3v) is 2.69. The van der Waals surface area contributed by atoms with Crippen molar-refractivity contribution in [2.24, 2.45) is 0 Å². The molecule has 98 valence electrons. The van der Waals surface area contributed by atoms with Gasteiger partial charge in [0.05, 0.1) is 23.8 Å². The van der Waals surface area contributed by atoms with Gasteiger partial charge in [-0.25, -0.2) is 4.79 Å². The van der Waals surface area contributed by atoms with Crippen LogP contribution in [0.15, 0.2) is 24.4 Å². The highest BCUT2D eigenvalue weighted by molar-refractivity contribution is 5.92. The quantitative estimate of drug-likeness (QED) is 0.518. The largest absolute Gasteiger partial charge is 0.465 e. The highest BCUT2D eigenvalue weighted by atomic mass is 16.6. The smallest absolute Gasteiger partial charge is 0.338 e. The van der Waals surface area contributed by atoms with Crippen molar-refractivity contribution in [1.82, 2.24) is 10.2 Å². The number of ether oxygens (including phenoxy) is 1. The second-order valence-electron chi connectivity index (χ2n) is 3.93. The van der Waals surface area contributed by atoms with E-state index in [1.165, 1.54) is 25.3 Å². The second kappa shape index (κ2) is 4.89. The van der Waals surface area contributed by atoms with Crippen molar-refractivity contribution in [3.63, 3.8) is 0 Å². The Balaban J connectivity index is 2.61. The monoisotopic (exact) mass is 261 g/mol. The molecule has 7 heteroatoms. The van der Waals surface area contributed by atoms with E-state index in [0.717, 1.165) is 5.69 Å². The van der Waals surface area contributed by atoms with E-state index in [1.807, 2.05) is 0 Å². The number of methoxy groups -OCH3 is 1. The second-order valence-corrected chi connectivity index (χ2v) is 3.93. The van der Waals surface area contributed by atoms with Crippen molar-refractivity contribution in [2.45, 2.75) is 6.92 Å². The number of rotatable bonds is 3. The van der Waals surface area contributed by atoms with Crippen molar-refractivity contribution in [3.05, 3.63) is 45.8 Å². The summed E-state index contributed by atoms with van der Waals surface area (Å²) in [4.78, 5) is 21.9. The van der Waals surface area contributed by atoms with E-state index >= 15 is 0 Å². The van der Waals surface area contributed by atoms with E-state index in [4.69, 9.17) is 0 Å². The number of non-ortho nitro benzene ring substituents is 1. The summed E-state index contributed by atoms with van der Waals surface area (Å²) in [6.07, 6.45) is 1.55. The summed E-state index contributed by atoms with van der Waals surface area (Å²) in [7, 11) is 1.23. The SMILES string of the molecule is COC(=O)c1cc(-c2cn[nH]c2C)cc([N+](=O)[O-])c1. The average Bonchev–Trinajstić information content (AvgIpc) is 2.83. The van der Waals surface area contributed by atoms with Crippen LogP contribution in [0.1, 0.15) is 16.1 Å². The molecule has 0 radical (unpaired) electrons. The maximum atomic E-state index is 11.5. The fourth-order valence-electron chi connectivity index (χ4n) is 1.75. The van der Waals surface area contributed by atoms with Crippen LogP contribution in [0.25, 0.3) is 11.1 Å². The molecule has 0 saturated heterocycles. The molecule has 0 atom stereocenters. The average molecular weight is 261 g/mol. The fraction of sp³-hybridized carbons (Fsp3) is 0.167. The highest BCUT2D eigenvalue weighted by Gasteiger charge is 2.17. The number of hydrogen-bond acceptors (Lipinski definition) is 5. The van der Waals surface area contributed by atoms with Crippen LogP contribution in [0, 0.1) is 17.0 Å². The number of H-pyrrole nitrogens is 1. The summed E-state index contributed by atoms with van der Waals surface area (Å²) in [6, 6.07) is 4.12. The van der Waals surface area contributed by atoms with Gasteiger partial charge in [0.2, 0.25) is 0 Å². The van der Waals surface area contributed by atoms with Crippen LogP contribution >= 0.6 is 0 Å². The van der Waals surface area contributed by atoms with Gasteiger partial charge in [0.25, 0.3) is 5.69 Å². The van der Waals surface area contributed by atoms with Crippen LogP contribution in [-0.4, -0.2) is 28.2 Å². The molecule has 0 aliphatic rings. The van der Waals surface area contributed by atoms with E-state index < -0.39 is 10.9 Å². The molecule has 0 amide bonds. The molecule has 1 aromatic carbocycles. The van der Waals surface area contributed by atoms with Gasteiger partial charge in [-0.15, -0.1) is 0 Å². The van der Waals surface area contributed by atoms with Crippen molar-refractivity contribution >= 4 is 11.7 Å². The first-order valence-corrected chi connectivity index (χ1v) is 5.41. The number of nitro groups is 1. The van der Waals surface area contributed by atoms with Crippen LogP contribution in [-0.2, 0) is 4.74 Å². The number of hydrogen-bond donors (Lipinski definition) is 1. The van der Waals surface area contributed by atoms with Gasteiger partial charge >= 0.3 is 5.97 Å². The van der Waals surface area contributed by atoms with Gasteiger partial charge in [-0.1, -0.05) is 0 Å². The number of nitrogens with zero attached hydrogens (tertiary/aromatic N) is 2. The molecule has 2 rings (SSSR count). The van der Waals surface area contributed by atoms with Crippen LogP contribution in [0.3, 0.4) is 0 Å². The van der Waals surface area contributed by atoms with Gasteiger partial charge in [0.1, 0.15) is 0 Å². The lowest BCUT2D eigenvalue weighted by Gasteiger charge is -2.04. The van der Waals surface area contributed by atoms with Crippen LogP contribution in [0.4, 0.5) is 5.69 Å². The van der Waals surface area contributed by atoms with E-state index in [-0.39, 0.29) is 11.3 Å². The number of carbonyl (C=O) groups excluding carboxylic acids is 1. The zero-order valence-corrected chi connectivity index (χ0v) is 10.3. The third kappa shape index (κ3) is 2.44. The molecule has 0 unspecified atom stereocenters. The van der Waals surface area contributed by atoms with Crippen molar-refractivity contribution < 1.29 is 14.5 Å². The molecule has 1 aromatic heterocycles. The normalized spacial score (nSPS) is 10.2. The number of nitrogens with one attached hydrogen (secondary N) is 1. The molecule has 0 fully saturated rings. The molecule has 0 saturated carbocycles. The zero-order valence-electron chi connectivity index (χ0n) is 10.3. The molecule has 1 N–H and O–H groups in total. The number of carbonyl (C=O) groups is 1. The molecule has 19 heavy (non-hydrogen) atoms. The standard InChI is InChI=1S/C12H11N3O4/c1-7-11(6-13-14-7)8-3-9(12(16)19-2)5-10(4-8)15(17)18/h3-6H,1-2H3,(H,13,14). The van der Waals surface area contributed by atoms with Crippen molar-refractivity contribution in [1.29, 1.82) is 0 Å². The number of benzene rings is 1. The lowest BCUT2D eigenvalue weighted by molar-refractivity contribution is -0.384. The minimum Gasteiger partial charge on any atom is -0.465 e. The van der Waals surface area contributed by atoms with Gasteiger partial charge in [0, 0.05) is 23.4 Å². The summed E-state index contributed by atoms with van der Waals surface area (Å²) in [6.45, 7) is 1.79. The van der Waals surface area contributed by atoms with Gasteiger partial charge < -0.3 is 4.74 Å². The minimum atomic E-state index is -0.619. The maximum Gasteiger partial charge on any atom is 0.338 e. The molecule has 0 bridgehead atoms. The number of aryl methyl sites for hydroxylation is 1. The number of aromatic amines is 1. The van der Waals surface area contributed by atoms with E-state index in [9.17, 15) is 14.9 Å². The van der Waals surface area contributed by atoms with Crippen LogP contribution in [0.2, 0.25) is 0 Å². The Morgan fingerprint density at radius 3 is 2.68 bits per heavy atom. The number of nitro benzene ring substituents is 1. The Hall–Kier alpha value is -2.70. The van der Waals surface area contributed by atoms with Gasteiger partial charge in [-0.3, -0.25) is 15.2 Å². The van der Waals surface area contributed by atoms with Crippen molar-refractivity contribution in [2.75, 3.05) is 7.11 Å². The first-order chi connectivity index (χ1) is 9.02. The lowest BCUT2D eigenvalue weighted by atomic mass is 10.0. The first kappa shape index (κ1) is 12.7. The van der Waals surface area contributed by atoms with Crippen molar-refractivity contribution in [3.8, 4) is 11.1 Å². The maximum absolute atomic E-state index is 11.5. The van der Waals surface area contributed by atoms with Gasteiger partial charge in [0.15, 0.2) is 0 Å². The fourth-order valence-corrected chi connectivity index (χ4v) is 1.75. The van der Waals surface area contributed by atoms with E-state index in [1.54, 1.807) is 13.1 Å². The number of aromatic nitrogens is 2. The Labute approximate surface area is 108 Å². The number of esters is 1. The lowest BCUT2D eigenvalue weighted by Crippen LogP contribution is -2.02. The molecule has 2 aromatic rings. The predicted octanol–water partition coefficient (Wildman–Crippen LogP) is 2.08. The Kier molecular flexibility index (Phi) is 3.28. The highest BCUT2D eigenvalue weighted by Crippen LogP contribution is 2.27. The summed E-state index contributed by atoms with van der Waals surface area (Å²) in [5.41, 5.74) is 1.97. The molecule has 0 aliphatic carbocycles. The van der Waals surface area contributed by atoms with Crippen LogP contribution < -0.4 is 0 Å². The Morgan fingerprint density at radius 2 is 2.16 bits per heavy atom. The molecule has 1 heterocycles. The molecule has 0 spiro atoms.